The Balaban J connectivity index is 2.22. The van der Waals surface area contributed by atoms with E-state index in [-0.39, 0.29) is 5.91 Å². The molecule has 0 aromatic heterocycles. The lowest BCUT2D eigenvalue weighted by atomic mass is 10.2. The molecule has 0 heterocycles. The van der Waals surface area contributed by atoms with E-state index in [4.69, 9.17) is 27.9 Å². The minimum absolute atomic E-state index is 0.144. The van der Waals surface area contributed by atoms with Crippen molar-refractivity contribution in [2.45, 2.75) is 26.2 Å². The molecule has 116 valence electrons. The normalized spacial score (nSPS) is 11.0. The van der Waals surface area contributed by atoms with Crippen LogP contribution in [0, 0.1) is 0 Å². The van der Waals surface area contributed by atoms with E-state index in [1.54, 1.807) is 24.3 Å². The van der Waals surface area contributed by atoms with Crippen LogP contribution in [0.3, 0.4) is 0 Å². The van der Waals surface area contributed by atoms with Crippen LogP contribution in [0.1, 0.15) is 31.7 Å². The van der Waals surface area contributed by atoms with Crippen LogP contribution in [0.4, 0.5) is 0 Å². The molecule has 1 aromatic carbocycles. The van der Waals surface area contributed by atoms with Crippen molar-refractivity contribution < 1.29 is 9.53 Å². The van der Waals surface area contributed by atoms with Crippen molar-refractivity contribution in [3.05, 3.63) is 39.9 Å². The van der Waals surface area contributed by atoms with Crippen LogP contribution < -0.4 is 5.32 Å². The monoisotopic (exact) mass is 329 g/mol. The maximum absolute atomic E-state index is 11.6. The summed E-state index contributed by atoms with van der Waals surface area (Å²) in [6.45, 7) is 4.19. The molecule has 0 saturated carbocycles. The minimum atomic E-state index is -0.144. The molecule has 0 aliphatic heterocycles. The summed E-state index contributed by atoms with van der Waals surface area (Å²) in [4.78, 5) is 11.6. The summed E-state index contributed by atoms with van der Waals surface area (Å²) < 4.78 is 5.41. The highest BCUT2D eigenvalue weighted by molar-refractivity contribution is 6.35. The van der Waals surface area contributed by atoms with Crippen LogP contribution >= 0.6 is 23.2 Å². The number of rotatable bonds is 9. The van der Waals surface area contributed by atoms with Crippen molar-refractivity contribution in [3.63, 3.8) is 0 Å². The molecular weight excluding hydrogens is 309 g/mol. The number of ether oxygens (including phenoxy) is 1. The van der Waals surface area contributed by atoms with Gasteiger partial charge in [-0.25, -0.2) is 0 Å². The van der Waals surface area contributed by atoms with Crippen LogP contribution in [-0.2, 0) is 9.53 Å². The van der Waals surface area contributed by atoms with Gasteiger partial charge in [-0.2, -0.15) is 0 Å². The van der Waals surface area contributed by atoms with Crippen LogP contribution in [0.15, 0.2) is 24.3 Å². The third-order valence-corrected chi connectivity index (χ3v) is 3.35. The predicted molar refractivity (Wildman–Crippen MR) is 88.8 cm³/mol. The number of hydrogen-bond acceptors (Lipinski definition) is 2. The molecule has 1 rings (SSSR count). The van der Waals surface area contributed by atoms with Crippen LogP contribution in [-0.4, -0.2) is 25.7 Å². The molecule has 1 amide bonds. The minimum Gasteiger partial charge on any atom is -0.381 e. The summed E-state index contributed by atoms with van der Waals surface area (Å²) >= 11 is 11.8. The third-order valence-electron chi connectivity index (χ3n) is 2.78. The molecule has 1 aromatic rings. The Morgan fingerprint density at radius 1 is 1.29 bits per heavy atom. The predicted octanol–water partition coefficient (Wildman–Crippen LogP) is 4.33. The summed E-state index contributed by atoms with van der Waals surface area (Å²) in [7, 11) is 0. The van der Waals surface area contributed by atoms with Crippen LogP contribution in [0.25, 0.3) is 6.08 Å². The SMILES string of the molecule is CCCCOCCCNC(=O)/C=C/c1ccc(Cl)cc1Cl. The fraction of sp³-hybridized carbons (Fsp3) is 0.438. The molecule has 0 aliphatic carbocycles. The first-order chi connectivity index (χ1) is 10.1. The largest absolute Gasteiger partial charge is 0.381 e. The highest BCUT2D eigenvalue weighted by atomic mass is 35.5. The quantitative estimate of drug-likeness (QED) is 0.541. The molecule has 0 unspecified atom stereocenters. The van der Waals surface area contributed by atoms with Gasteiger partial charge in [-0.05, 0) is 36.6 Å². The Hall–Kier alpha value is -1.03. The van der Waals surface area contributed by atoms with Gasteiger partial charge in [0.2, 0.25) is 5.91 Å². The van der Waals surface area contributed by atoms with Crippen molar-refractivity contribution in [2.75, 3.05) is 19.8 Å². The summed E-state index contributed by atoms with van der Waals surface area (Å²) in [6, 6.07) is 5.16. The van der Waals surface area contributed by atoms with Crippen molar-refractivity contribution in [1.82, 2.24) is 5.32 Å². The maximum Gasteiger partial charge on any atom is 0.244 e. The van der Waals surface area contributed by atoms with E-state index in [1.165, 1.54) is 6.08 Å². The Kier molecular flexibility index (Phi) is 9.15. The van der Waals surface area contributed by atoms with Gasteiger partial charge in [-0.3, -0.25) is 4.79 Å². The third kappa shape index (κ3) is 8.10. The maximum atomic E-state index is 11.6. The summed E-state index contributed by atoms with van der Waals surface area (Å²) in [6.07, 6.45) is 6.16. The van der Waals surface area contributed by atoms with E-state index in [2.05, 4.69) is 12.2 Å². The van der Waals surface area contributed by atoms with E-state index >= 15 is 0 Å². The lowest BCUT2D eigenvalue weighted by Crippen LogP contribution is -2.23. The number of benzene rings is 1. The molecule has 0 bridgehead atoms. The molecule has 0 saturated heterocycles. The average molecular weight is 330 g/mol. The molecule has 5 heteroatoms. The highest BCUT2D eigenvalue weighted by Crippen LogP contribution is 2.21. The lowest BCUT2D eigenvalue weighted by Gasteiger charge is -2.04. The van der Waals surface area contributed by atoms with Crippen LogP contribution in [0.5, 0.6) is 0 Å². The first-order valence-corrected chi connectivity index (χ1v) is 7.87. The Bertz CT molecular complexity index is 475. The summed E-state index contributed by atoms with van der Waals surface area (Å²) in [5.74, 6) is -0.144. The van der Waals surface area contributed by atoms with Crippen molar-refractivity contribution in [2.24, 2.45) is 0 Å². The summed E-state index contributed by atoms with van der Waals surface area (Å²) in [5.41, 5.74) is 0.763. The van der Waals surface area contributed by atoms with Crippen LogP contribution in [0.2, 0.25) is 10.0 Å². The topological polar surface area (TPSA) is 38.3 Å². The van der Waals surface area contributed by atoms with Gasteiger partial charge in [-0.1, -0.05) is 42.6 Å². The Labute approximate surface area is 136 Å². The fourth-order valence-electron chi connectivity index (χ4n) is 1.60. The number of halogens is 2. The number of amides is 1. The fourth-order valence-corrected chi connectivity index (χ4v) is 2.07. The molecule has 0 aliphatic rings. The van der Waals surface area contributed by atoms with Gasteiger partial charge in [0, 0.05) is 35.9 Å². The zero-order valence-corrected chi connectivity index (χ0v) is 13.7. The molecule has 0 atom stereocenters. The number of hydrogen-bond donors (Lipinski definition) is 1. The van der Waals surface area contributed by atoms with Crippen molar-refractivity contribution in [1.29, 1.82) is 0 Å². The standard InChI is InChI=1S/C16H21Cl2NO2/c1-2-3-10-21-11-4-9-19-16(20)8-6-13-5-7-14(17)12-15(13)18/h5-8,12H,2-4,9-11H2,1H3,(H,19,20)/b8-6+. The van der Waals surface area contributed by atoms with E-state index < -0.39 is 0 Å². The molecule has 3 nitrogen and oxygen atoms in total. The van der Waals surface area contributed by atoms with E-state index in [9.17, 15) is 4.79 Å². The number of nitrogens with one attached hydrogen (secondary N) is 1. The average Bonchev–Trinajstić information content (AvgIpc) is 2.45. The second kappa shape index (κ2) is 10.7. The molecule has 0 fully saturated rings. The van der Waals surface area contributed by atoms with E-state index in [0.717, 1.165) is 31.4 Å². The highest BCUT2D eigenvalue weighted by Gasteiger charge is 1.99. The zero-order chi connectivity index (χ0) is 15.5. The van der Waals surface area contributed by atoms with E-state index in [0.29, 0.717) is 23.2 Å². The lowest BCUT2D eigenvalue weighted by molar-refractivity contribution is -0.116. The second-order valence-corrected chi connectivity index (χ2v) is 5.45. The van der Waals surface area contributed by atoms with Gasteiger partial charge in [0.15, 0.2) is 0 Å². The van der Waals surface area contributed by atoms with Gasteiger partial charge >= 0.3 is 0 Å². The number of carbonyl (C=O) groups is 1. The molecule has 21 heavy (non-hydrogen) atoms. The van der Waals surface area contributed by atoms with Crippen molar-refractivity contribution >= 4 is 35.2 Å². The van der Waals surface area contributed by atoms with Gasteiger partial charge in [0.1, 0.15) is 0 Å². The van der Waals surface area contributed by atoms with Gasteiger partial charge < -0.3 is 10.1 Å². The van der Waals surface area contributed by atoms with Gasteiger partial charge in [-0.15, -0.1) is 0 Å². The zero-order valence-electron chi connectivity index (χ0n) is 12.2. The summed E-state index contributed by atoms with van der Waals surface area (Å²) in [5, 5.41) is 3.90. The smallest absolute Gasteiger partial charge is 0.244 e. The Morgan fingerprint density at radius 3 is 2.76 bits per heavy atom. The van der Waals surface area contributed by atoms with E-state index in [1.807, 2.05) is 0 Å². The Morgan fingerprint density at radius 2 is 2.05 bits per heavy atom. The van der Waals surface area contributed by atoms with Gasteiger partial charge in [0.25, 0.3) is 0 Å². The van der Waals surface area contributed by atoms with Gasteiger partial charge in [0.05, 0.1) is 0 Å². The molecule has 0 radical (unpaired) electrons. The number of unbranched alkanes of at least 4 members (excludes halogenated alkanes) is 1. The first kappa shape index (κ1) is 18.0. The number of carbonyl (C=O) groups excluding carboxylic acids is 1. The first-order valence-electron chi connectivity index (χ1n) is 7.12. The second-order valence-electron chi connectivity index (χ2n) is 4.61. The molecule has 0 spiro atoms. The molecular formula is C16H21Cl2NO2. The molecule has 1 N–H and O–H groups in total. The van der Waals surface area contributed by atoms with Crippen molar-refractivity contribution in [3.8, 4) is 0 Å².